The molecular formula is C19H26ClN3O2S. The van der Waals surface area contributed by atoms with E-state index in [-0.39, 0.29) is 23.9 Å². The fourth-order valence-corrected chi connectivity index (χ4v) is 4.24. The molecule has 1 aromatic heterocycles. The molecule has 0 saturated carbocycles. The molecule has 0 unspecified atom stereocenters. The zero-order valence-corrected chi connectivity index (χ0v) is 16.7. The van der Waals surface area contributed by atoms with Crippen molar-refractivity contribution in [2.75, 3.05) is 25.9 Å². The van der Waals surface area contributed by atoms with Gasteiger partial charge in [0, 0.05) is 34.3 Å². The largest absolute Gasteiger partial charge is 0.352 e. The van der Waals surface area contributed by atoms with Crippen LogP contribution in [0.4, 0.5) is 0 Å². The predicted molar refractivity (Wildman–Crippen MR) is 112 cm³/mol. The molecule has 7 heteroatoms. The highest BCUT2D eigenvalue weighted by atomic mass is 35.5. The fraction of sp³-hybridized carbons (Fsp3) is 0.474. The molecule has 3 rings (SSSR count). The average molecular weight is 396 g/mol. The first-order chi connectivity index (χ1) is 12.2. The van der Waals surface area contributed by atoms with Crippen molar-refractivity contribution >= 4 is 41.0 Å². The van der Waals surface area contributed by atoms with Gasteiger partial charge in [-0.1, -0.05) is 6.42 Å². The van der Waals surface area contributed by atoms with Crippen LogP contribution in [0.1, 0.15) is 40.7 Å². The number of aromatic amines is 1. The molecule has 2 aromatic rings. The normalized spacial score (nSPS) is 13.1. The van der Waals surface area contributed by atoms with Crippen molar-refractivity contribution in [2.45, 2.75) is 31.4 Å². The Labute approximate surface area is 164 Å². The SMILES string of the molecule is CNCCCCCNC(=O)c1ccc2[nH]c(=O)c3c(c2c1)CCSC3.Cl. The lowest BCUT2D eigenvalue weighted by molar-refractivity contribution is 0.0953. The molecule has 0 radical (unpaired) electrons. The van der Waals surface area contributed by atoms with Gasteiger partial charge in [-0.15, -0.1) is 12.4 Å². The summed E-state index contributed by atoms with van der Waals surface area (Å²) in [5, 5.41) is 7.13. The van der Waals surface area contributed by atoms with Gasteiger partial charge in [-0.25, -0.2) is 0 Å². The maximum Gasteiger partial charge on any atom is 0.252 e. The number of aromatic nitrogens is 1. The summed E-state index contributed by atoms with van der Waals surface area (Å²) in [5.74, 6) is 1.73. The molecule has 3 N–H and O–H groups in total. The van der Waals surface area contributed by atoms with Gasteiger partial charge in [0.25, 0.3) is 11.5 Å². The summed E-state index contributed by atoms with van der Waals surface area (Å²) in [6, 6.07) is 5.57. The predicted octanol–water partition coefficient (Wildman–Crippen LogP) is 2.86. The minimum absolute atomic E-state index is 0. The lowest BCUT2D eigenvalue weighted by atomic mass is 9.99. The highest BCUT2D eigenvalue weighted by Crippen LogP contribution is 2.28. The molecule has 1 aromatic carbocycles. The number of hydrogen-bond acceptors (Lipinski definition) is 4. The van der Waals surface area contributed by atoms with E-state index in [1.54, 1.807) is 17.8 Å². The topological polar surface area (TPSA) is 74.0 Å². The van der Waals surface area contributed by atoms with Crippen LogP contribution in [0.5, 0.6) is 0 Å². The van der Waals surface area contributed by atoms with Gasteiger partial charge in [0.15, 0.2) is 0 Å². The van der Waals surface area contributed by atoms with Crippen LogP contribution in [-0.2, 0) is 12.2 Å². The molecular weight excluding hydrogens is 370 g/mol. The van der Waals surface area contributed by atoms with E-state index < -0.39 is 0 Å². The van der Waals surface area contributed by atoms with Gasteiger partial charge in [-0.05, 0) is 62.4 Å². The molecule has 1 aliphatic heterocycles. The number of hydrogen-bond donors (Lipinski definition) is 3. The minimum Gasteiger partial charge on any atom is -0.352 e. The van der Waals surface area contributed by atoms with Crippen LogP contribution in [0.3, 0.4) is 0 Å². The Hall–Kier alpha value is -1.50. The van der Waals surface area contributed by atoms with Crippen molar-refractivity contribution in [3.63, 3.8) is 0 Å². The third-order valence-electron chi connectivity index (χ3n) is 4.63. The van der Waals surface area contributed by atoms with Crippen molar-refractivity contribution < 1.29 is 4.79 Å². The number of H-pyrrole nitrogens is 1. The van der Waals surface area contributed by atoms with E-state index in [4.69, 9.17) is 0 Å². The number of unbranched alkanes of at least 4 members (excludes halogenated alkanes) is 2. The van der Waals surface area contributed by atoms with E-state index in [1.165, 1.54) is 0 Å². The molecule has 0 fully saturated rings. The maximum absolute atomic E-state index is 12.4. The van der Waals surface area contributed by atoms with Gasteiger partial charge < -0.3 is 15.6 Å². The maximum atomic E-state index is 12.4. The van der Waals surface area contributed by atoms with Crippen LogP contribution >= 0.6 is 24.2 Å². The molecule has 26 heavy (non-hydrogen) atoms. The number of benzene rings is 1. The molecule has 0 bridgehead atoms. The van der Waals surface area contributed by atoms with Gasteiger partial charge in [-0.2, -0.15) is 11.8 Å². The molecule has 0 saturated heterocycles. The van der Waals surface area contributed by atoms with E-state index in [1.807, 2.05) is 19.2 Å². The van der Waals surface area contributed by atoms with E-state index in [0.29, 0.717) is 12.1 Å². The summed E-state index contributed by atoms with van der Waals surface area (Å²) in [6.07, 6.45) is 4.10. The van der Waals surface area contributed by atoms with Gasteiger partial charge in [0.05, 0.1) is 0 Å². The average Bonchev–Trinajstić information content (AvgIpc) is 2.64. The zero-order chi connectivity index (χ0) is 17.6. The number of nitrogens with one attached hydrogen (secondary N) is 3. The highest BCUT2D eigenvalue weighted by Gasteiger charge is 2.17. The molecule has 5 nitrogen and oxygen atoms in total. The number of rotatable bonds is 7. The lowest BCUT2D eigenvalue weighted by Gasteiger charge is -2.17. The molecule has 1 aliphatic rings. The number of pyridine rings is 1. The molecule has 1 amide bonds. The highest BCUT2D eigenvalue weighted by molar-refractivity contribution is 7.98. The number of thioether (sulfide) groups is 1. The lowest BCUT2D eigenvalue weighted by Crippen LogP contribution is -2.25. The summed E-state index contributed by atoms with van der Waals surface area (Å²) in [5.41, 5.74) is 3.47. The van der Waals surface area contributed by atoms with Gasteiger partial charge in [0.2, 0.25) is 0 Å². The standard InChI is InChI=1S/C19H25N3O2S.ClH/c1-20-8-3-2-4-9-21-18(23)13-5-6-17-15(11-13)14-7-10-25-12-16(14)19(24)22-17;/h5-6,11,20H,2-4,7-10,12H2,1H3,(H,21,23)(H,22,24);1H. The Morgan fingerprint density at radius 2 is 2.00 bits per heavy atom. The van der Waals surface area contributed by atoms with Crippen LogP contribution in [-0.4, -0.2) is 36.8 Å². The van der Waals surface area contributed by atoms with Crippen molar-refractivity contribution in [2.24, 2.45) is 0 Å². The molecule has 0 atom stereocenters. The first kappa shape index (κ1) is 20.8. The molecule has 0 aliphatic carbocycles. The monoisotopic (exact) mass is 395 g/mol. The summed E-state index contributed by atoms with van der Waals surface area (Å²) in [7, 11) is 1.95. The van der Waals surface area contributed by atoms with Crippen molar-refractivity contribution in [3.05, 3.63) is 45.2 Å². The Morgan fingerprint density at radius 3 is 2.81 bits per heavy atom. The fourth-order valence-electron chi connectivity index (χ4n) is 3.24. The molecule has 142 valence electrons. The second-order valence-electron chi connectivity index (χ2n) is 6.39. The second kappa shape index (κ2) is 10.00. The first-order valence-electron chi connectivity index (χ1n) is 8.89. The number of halogens is 1. The van der Waals surface area contributed by atoms with Crippen molar-refractivity contribution in [1.29, 1.82) is 0 Å². The zero-order valence-electron chi connectivity index (χ0n) is 15.0. The number of carbonyl (C=O) groups excluding carboxylic acids is 1. The minimum atomic E-state index is -0.0411. The Balaban J connectivity index is 0.00000243. The number of aryl methyl sites for hydroxylation is 1. The van der Waals surface area contributed by atoms with E-state index >= 15 is 0 Å². The number of carbonyl (C=O) groups is 1. The molecule has 2 heterocycles. The van der Waals surface area contributed by atoms with Gasteiger partial charge in [0.1, 0.15) is 0 Å². The van der Waals surface area contributed by atoms with Crippen LogP contribution < -0.4 is 16.2 Å². The summed E-state index contributed by atoms with van der Waals surface area (Å²) in [4.78, 5) is 27.6. The number of fused-ring (bicyclic) bond motifs is 3. The first-order valence-corrected chi connectivity index (χ1v) is 10.0. The van der Waals surface area contributed by atoms with Crippen LogP contribution in [0.15, 0.2) is 23.0 Å². The van der Waals surface area contributed by atoms with E-state index in [9.17, 15) is 9.59 Å². The third-order valence-corrected chi connectivity index (χ3v) is 5.61. The smallest absolute Gasteiger partial charge is 0.252 e. The second-order valence-corrected chi connectivity index (χ2v) is 7.50. The summed E-state index contributed by atoms with van der Waals surface area (Å²) >= 11 is 1.79. The number of amides is 1. The van der Waals surface area contributed by atoms with Gasteiger partial charge >= 0.3 is 0 Å². The quantitative estimate of drug-likeness (QED) is 0.630. The van der Waals surface area contributed by atoms with Crippen LogP contribution in [0.2, 0.25) is 0 Å². The molecule has 0 spiro atoms. The van der Waals surface area contributed by atoms with Gasteiger partial charge in [-0.3, -0.25) is 9.59 Å². The van der Waals surface area contributed by atoms with Crippen LogP contribution in [0, 0.1) is 0 Å². The summed E-state index contributed by atoms with van der Waals surface area (Å²) in [6.45, 7) is 1.71. The summed E-state index contributed by atoms with van der Waals surface area (Å²) < 4.78 is 0. The van der Waals surface area contributed by atoms with E-state index in [2.05, 4.69) is 15.6 Å². The Bertz CT molecular complexity index is 822. The van der Waals surface area contributed by atoms with E-state index in [0.717, 1.165) is 65.8 Å². The van der Waals surface area contributed by atoms with Crippen molar-refractivity contribution in [1.82, 2.24) is 15.6 Å². The Morgan fingerprint density at radius 1 is 1.19 bits per heavy atom. The van der Waals surface area contributed by atoms with Crippen LogP contribution in [0.25, 0.3) is 10.9 Å². The Kier molecular flexibility index (Phi) is 8.00. The van der Waals surface area contributed by atoms with Crippen molar-refractivity contribution in [3.8, 4) is 0 Å². The third kappa shape index (κ3) is 4.81.